The van der Waals surface area contributed by atoms with E-state index in [0.717, 1.165) is 0 Å². The summed E-state index contributed by atoms with van der Waals surface area (Å²) >= 11 is 0. The summed E-state index contributed by atoms with van der Waals surface area (Å²) in [6.07, 6.45) is 1.49. The molecule has 0 aliphatic rings. The first-order valence-electron chi connectivity index (χ1n) is 7.45. The molecule has 0 aliphatic carbocycles. The number of aromatic carboxylic acids is 1. The molecular weight excluding hydrogens is 308 g/mol. The minimum absolute atomic E-state index is 0.158. The summed E-state index contributed by atoms with van der Waals surface area (Å²) in [6, 6.07) is 10.5. The van der Waals surface area contributed by atoms with Crippen molar-refractivity contribution in [3.05, 3.63) is 53.9 Å². The number of hydrogen-bond donors (Lipinski definition) is 1. The second-order valence-corrected chi connectivity index (χ2v) is 5.07. The summed E-state index contributed by atoms with van der Waals surface area (Å²) in [5.74, 6) is 0.119. The van der Waals surface area contributed by atoms with E-state index in [1.165, 1.54) is 12.3 Å². The lowest BCUT2D eigenvalue weighted by Gasteiger charge is -2.04. The summed E-state index contributed by atoms with van der Waals surface area (Å²) in [7, 11) is 0. The molecule has 0 saturated heterocycles. The lowest BCUT2D eigenvalue weighted by Crippen LogP contribution is -1.98. The quantitative estimate of drug-likeness (QED) is 0.714. The van der Waals surface area contributed by atoms with Gasteiger partial charge in [0.25, 0.3) is 0 Å². The number of aromatic nitrogens is 2. The number of hydrogen-bond acceptors (Lipinski definition) is 5. The molecule has 0 unspecified atom stereocenters. The fraction of sp³-hybridized carbons (Fsp3) is 0.176. The third kappa shape index (κ3) is 2.96. The van der Waals surface area contributed by atoms with E-state index in [-0.39, 0.29) is 5.56 Å². The van der Waals surface area contributed by atoms with Crippen LogP contribution in [0.2, 0.25) is 0 Å². The van der Waals surface area contributed by atoms with Gasteiger partial charge in [-0.25, -0.2) is 9.78 Å². The highest BCUT2D eigenvalue weighted by Crippen LogP contribution is 2.30. The zero-order valence-electron chi connectivity index (χ0n) is 13.3. The van der Waals surface area contributed by atoms with Crippen molar-refractivity contribution in [2.24, 2.45) is 10.2 Å². The summed E-state index contributed by atoms with van der Waals surface area (Å²) in [5.41, 5.74) is 2.04. The number of azo groups is 1. The van der Waals surface area contributed by atoms with Gasteiger partial charge >= 0.3 is 5.97 Å². The summed E-state index contributed by atoms with van der Waals surface area (Å²) in [4.78, 5) is 15.5. The summed E-state index contributed by atoms with van der Waals surface area (Å²) in [6.45, 7) is 4.23. The first kappa shape index (κ1) is 15.7. The number of benzene rings is 1. The lowest BCUT2D eigenvalue weighted by molar-refractivity contribution is 0.0696. The highest BCUT2D eigenvalue weighted by molar-refractivity contribution is 5.87. The van der Waals surface area contributed by atoms with Crippen molar-refractivity contribution in [3.8, 4) is 5.75 Å². The van der Waals surface area contributed by atoms with Crippen molar-refractivity contribution in [2.75, 3.05) is 6.61 Å². The Bertz CT molecular complexity index is 931. The molecular formula is C17H16N4O3. The molecule has 1 aromatic carbocycles. The molecule has 0 atom stereocenters. The van der Waals surface area contributed by atoms with Crippen LogP contribution in [-0.4, -0.2) is 27.1 Å². The molecule has 7 nitrogen and oxygen atoms in total. The van der Waals surface area contributed by atoms with E-state index in [9.17, 15) is 4.79 Å². The minimum atomic E-state index is -1.01. The van der Waals surface area contributed by atoms with E-state index < -0.39 is 5.97 Å². The summed E-state index contributed by atoms with van der Waals surface area (Å²) < 4.78 is 7.14. The first-order chi connectivity index (χ1) is 11.6. The standard InChI is InChI=1S/C17H16N4O3/c1-3-24-14-7-5-4-6-13(14)19-20-16-11(2)18-15-9-8-12(17(22)23)10-21(15)16/h4-10H,3H2,1-2H3,(H,22,23). The maximum absolute atomic E-state index is 11.2. The number of para-hydroxylation sites is 1. The second kappa shape index (κ2) is 6.49. The van der Waals surface area contributed by atoms with Crippen molar-refractivity contribution in [1.29, 1.82) is 0 Å². The number of aryl methyl sites for hydroxylation is 1. The van der Waals surface area contributed by atoms with E-state index in [4.69, 9.17) is 9.84 Å². The number of rotatable bonds is 5. The average Bonchev–Trinajstić information content (AvgIpc) is 2.88. The van der Waals surface area contributed by atoms with Crippen molar-refractivity contribution in [3.63, 3.8) is 0 Å². The van der Waals surface area contributed by atoms with Crippen LogP contribution < -0.4 is 4.74 Å². The van der Waals surface area contributed by atoms with E-state index in [0.29, 0.717) is 35.2 Å². The van der Waals surface area contributed by atoms with Crippen LogP contribution in [0.4, 0.5) is 11.5 Å². The van der Waals surface area contributed by atoms with Gasteiger partial charge in [-0.1, -0.05) is 12.1 Å². The molecule has 0 bridgehead atoms. The van der Waals surface area contributed by atoms with Gasteiger partial charge in [-0.3, -0.25) is 4.40 Å². The highest BCUT2D eigenvalue weighted by Gasteiger charge is 2.11. The van der Waals surface area contributed by atoms with Crippen LogP contribution in [0.3, 0.4) is 0 Å². The molecule has 2 heterocycles. The van der Waals surface area contributed by atoms with Crippen molar-refractivity contribution in [2.45, 2.75) is 13.8 Å². The molecule has 122 valence electrons. The van der Waals surface area contributed by atoms with Gasteiger partial charge in [0.05, 0.1) is 17.9 Å². The molecule has 0 aliphatic heterocycles. The maximum atomic E-state index is 11.2. The fourth-order valence-corrected chi connectivity index (χ4v) is 2.32. The van der Waals surface area contributed by atoms with Gasteiger partial charge in [0.15, 0.2) is 5.82 Å². The molecule has 2 aromatic heterocycles. The monoisotopic (exact) mass is 324 g/mol. The number of carboxylic acids is 1. The van der Waals surface area contributed by atoms with Crippen molar-refractivity contribution in [1.82, 2.24) is 9.38 Å². The molecule has 1 N–H and O–H groups in total. The van der Waals surface area contributed by atoms with E-state index in [1.54, 1.807) is 23.5 Å². The Morgan fingerprint density at radius 3 is 2.79 bits per heavy atom. The van der Waals surface area contributed by atoms with Gasteiger partial charge in [-0.2, -0.15) is 0 Å². The van der Waals surface area contributed by atoms with E-state index in [1.807, 2.05) is 25.1 Å². The molecule has 0 spiro atoms. The van der Waals surface area contributed by atoms with Crippen LogP contribution in [0.1, 0.15) is 23.0 Å². The van der Waals surface area contributed by atoms with Crippen LogP contribution in [-0.2, 0) is 0 Å². The van der Waals surface area contributed by atoms with Gasteiger partial charge in [-0.15, -0.1) is 10.2 Å². The number of ether oxygens (including phenoxy) is 1. The van der Waals surface area contributed by atoms with Crippen molar-refractivity contribution >= 4 is 23.1 Å². The van der Waals surface area contributed by atoms with Crippen LogP contribution in [0.25, 0.3) is 5.65 Å². The van der Waals surface area contributed by atoms with Crippen LogP contribution in [0.15, 0.2) is 52.8 Å². The van der Waals surface area contributed by atoms with Gasteiger partial charge < -0.3 is 9.84 Å². The average molecular weight is 324 g/mol. The van der Waals surface area contributed by atoms with Gasteiger partial charge in [0.1, 0.15) is 17.1 Å². The Kier molecular flexibility index (Phi) is 4.24. The topological polar surface area (TPSA) is 88.5 Å². The Balaban J connectivity index is 2.05. The molecule has 0 saturated carbocycles. The molecule has 7 heteroatoms. The number of pyridine rings is 1. The first-order valence-corrected chi connectivity index (χ1v) is 7.45. The number of carbonyl (C=O) groups is 1. The largest absolute Gasteiger partial charge is 0.492 e. The fourth-order valence-electron chi connectivity index (χ4n) is 2.32. The number of nitrogens with zero attached hydrogens (tertiary/aromatic N) is 4. The van der Waals surface area contributed by atoms with Crippen LogP contribution in [0, 0.1) is 6.92 Å². The Morgan fingerprint density at radius 2 is 2.04 bits per heavy atom. The molecule has 3 rings (SSSR count). The number of carboxylic acid groups (broad SMARTS) is 1. The number of imidazole rings is 1. The van der Waals surface area contributed by atoms with Crippen molar-refractivity contribution < 1.29 is 14.6 Å². The SMILES string of the molecule is CCOc1ccccc1N=Nc1c(C)nc2ccc(C(=O)O)cn12. The minimum Gasteiger partial charge on any atom is -0.492 e. The Hall–Kier alpha value is -3.22. The molecule has 24 heavy (non-hydrogen) atoms. The zero-order chi connectivity index (χ0) is 17.1. The molecule has 0 fully saturated rings. The third-order valence-corrected chi connectivity index (χ3v) is 3.43. The summed E-state index contributed by atoms with van der Waals surface area (Å²) in [5, 5.41) is 17.6. The molecule has 0 amide bonds. The van der Waals surface area contributed by atoms with E-state index in [2.05, 4.69) is 15.2 Å². The van der Waals surface area contributed by atoms with E-state index >= 15 is 0 Å². The maximum Gasteiger partial charge on any atom is 0.337 e. The van der Waals surface area contributed by atoms with Gasteiger partial charge in [-0.05, 0) is 38.1 Å². The van der Waals surface area contributed by atoms with Crippen LogP contribution in [0.5, 0.6) is 5.75 Å². The Morgan fingerprint density at radius 1 is 1.25 bits per heavy atom. The third-order valence-electron chi connectivity index (χ3n) is 3.43. The predicted molar refractivity (Wildman–Crippen MR) is 88.7 cm³/mol. The lowest BCUT2D eigenvalue weighted by atomic mass is 10.3. The number of fused-ring (bicyclic) bond motifs is 1. The normalized spacial score (nSPS) is 11.2. The highest BCUT2D eigenvalue weighted by atomic mass is 16.5. The van der Waals surface area contributed by atoms with Crippen LogP contribution >= 0.6 is 0 Å². The van der Waals surface area contributed by atoms with Gasteiger partial charge in [0, 0.05) is 6.20 Å². The molecule has 0 radical (unpaired) electrons. The predicted octanol–water partition coefficient (Wildman–Crippen LogP) is 4.16. The molecule has 3 aromatic rings. The smallest absolute Gasteiger partial charge is 0.337 e. The second-order valence-electron chi connectivity index (χ2n) is 5.07. The van der Waals surface area contributed by atoms with Gasteiger partial charge in [0.2, 0.25) is 0 Å². The zero-order valence-corrected chi connectivity index (χ0v) is 13.3. The Labute approximate surface area is 138 Å².